The third-order valence-corrected chi connectivity index (χ3v) is 4.87. The molecule has 0 atom stereocenters. The van der Waals surface area contributed by atoms with Gasteiger partial charge in [0.05, 0.1) is 22.6 Å². The van der Waals surface area contributed by atoms with Crippen molar-refractivity contribution in [3.8, 4) is 5.69 Å². The molecule has 4 nitrogen and oxygen atoms in total. The Hall–Kier alpha value is -2.24. The summed E-state index contributed by atoms with van der Waals surface area (Å²) in [6.07, 6.45) is 1.79. The quantitative estimate of drug-likeness (QED) is 0.456. The first kappa shape index (κ1) is 17.6. The number of aryl methyl sites for hydroxylation is 1. The molecule has 3 rings (SSSR count). The second-order valence-electron chi connectivity index (χ2n) is 5.75. The molecule has 6 heteroatoms. The zero-order valence-electron chi connectivity index (χ0n) is 14.3. The molecule has 3 aromatic rings. The summed E-state index contributed by atoms with van der Waals surface area (Å²) in [5, 5.41) is 5.44. The number of aromatic nitrogens is 2. The molecular weight excluding hydrogens is 352 g/mol. The van der Waals surface area contributed by atoms with Gasteiger partial charge < -0.3 is 4.90 Å². The fraction of sp³-hybridized carbons (Fsp3) is 0.158. The van der Waals surface area contributed by atoms with Gasteiger partial charge in [0.25, 0.3) is 0 Å². The molecular formula is C19H19ClN4S. The Bertz CT molecular complexity index is 870. The van der Waals surface area contributed by atoms with Gasteiger partial charge in [0, 0.05) is 24.0 Å². The highest BCUT2D eigenvalue weighted by atomic mass is 35.5. The van der Waals surface area contributed by atoms with Crippen molar-refractivity contribution in [2.75, 3.05) is 14.1 Å². The Balaban J connectivity index is 2.07. The first-order chi connectivity index (χ1) is 12.0. The number of hydrogen-bond acceptors (Lipinski definition) is 3. The van der Waals surface area contributed by atoms with Crippen molar-refractivity contribution >= 4 is 35.5 Å². The molecule has 0 spiro atoms. The van der Waals surface area contributed by atoms with Crippen LogP contribution in [0.25, 0.3) is 5.69 Å². The number of rotatable bonds is 5. The van der Waals surface area contributed by atoms with Gasteiger partial charge in [-0.3, -0.25) is 0 Å². The van der Waals surface area contributed by atoms with Gasteiger partial charge >= 0.3 is 0 Å². The van der Waals surface area contributed by atoms with Gasteiger partial charge in [-0.05, 0) is 43.3 Å². The van der Waals surface area contributed by atoms with E-state index in [1.165, 1.54) is 0 Å². The Morgan fingerprint density at radius 2 is 1.76 bits per heavy atom. The molecule has 1 aromatic heterocycles. The smallest absolute Gasteiger partial charge is 0.171 e. The molecule has 0 fully saturated rings. The molecule has 0 unspecified atom stereocenters. The van der Waals surface area contributed by atoms with Crippen LogP contribution in [0.4, 0.5) is 5.82 Å². The van der Waals surface area contributed by atoms with E-state index in [0.717, 1.165) is 32.0 Å². The van der Waals surface area contributed by atoms with E-state index < -0.39 is 0 Å². The van der Waals surface area contributed by atoms with Crippen LogP contribution in [0.5, 0.6) is 0 Å². The van der Waals surface area contributed by atoms with Crippen molar-refractivity contribution in [2.45, 2.75) is 16.7 Å². The lowest BCUT2D eigenvalue weighted by Gasteiger charge is -2.08. The molecule has 1 heterocycles. The molecule has 0 saturated heterocycles. The van der Waals surface area contributed by atoms with Crippen LogP contribution >= 0.6 is 23.4 Å². The highest BCUT2D eigenvalue weighted by Gasteiger charge is 2.17. The summed E-state index contributed by atoms with van der Waals surface area (Å²) in [6, 6.07) is 17.8. The summed E-state index contributed by atoms with van der Waals surface area (Å²) in [6.45, 7) is 2.01. The number of hydrogen-bond donors (Lipinski definition) is 0. The maximum absolute atomic E-state index is 5.99. The van der Waals surface area contributed by atoms with Gasteiger partial charge in [-0.25, -0.2) is 9.67 Å². The van der Waals surface area contributed by atoms with Gasteiger partial charge in [-0.2, -0.15) is 5.10 Å². The molecule has 0 radical (unpaired) electrons. The predicted molar refractivity (Wildman–Crippen MR) is 106 cm³/mol. The van der Waals surface area contributed by atoms with Gasteiger partial charge in [-0.1, -0.05) is 41.6 Å². The van der Waals surface area contributed by atoms with Crippen molar-refractivity contribution in [3.05, 3.63) is 65.3 Å². The SMILES string of the molecule is Cc1nn(-c2ccccc2)c(N=CN(C)C)c1Sc1ccc(Cl)cc1. The Labute approximate surface area is 157 Å². The topological polar surface area (TPSA) is 33.4 Å². The number of halogens is 1. The van der Waals surface area contributed by atoms with Crippen LogP contribution in [0.1, 0.15) is 5.69 Å². The van der Waals surface area contributed by atoms with E-state index in [0.29, 0.717) is 0 Å². The lowest BCUT2D eigenvalue weighted by atomic mass is 10.3. The standard InChI is InChI=1S/C19H19ClN4S/c1-14-18(25-17-11-9-15(20)10-12-17)19(21-13-23(2)3)24(22-14)16-7-5-4-6-8-16/h4-13H,1-3H3. The molecule has 2 aromatic carbocycles. The van der Waals surface area contributed by atoms with Gasteiger partial charge in [-0.15, -0.1) is 0 Å². The van der Waals surface area contributed by atoms with Gasteiger partial charge in [0.1, 0.15) is 0 Å². The van der Waals surface area contributed by atoms with Crippen molar-refractivity contribution < 1.29 is 0 Å². The third-order valence-electron chi connectivity index (χ3n) is 3.43. The molecule has 25 heavy (non-hydrogen) atoms. The van der Waals surface area contributed by atoms with Crippen molar-refractivity contribution in [1.82, 2.24) is 14.7 Å². The molecule has 0 aliphatic carbocycles. The lowest BCUT2D eigenvalue weighted by Crippen LogP contribution is -2.07. The minimum atomic E-state index is 0.729. The predicted octanol–water partition coefficient (Wildman–Crippen LogP) is 5.21. The van der Waals surface area contributed by atoms with Gasteiger partial charge in [0.15, 0.2) is 5.82 Å². The highest BCUT2D eigenvalue weighted by Crippen LogP contribution is 2.39. The van der Waals surface area contributed by atoms with E-state index in [1.807, 2.05) is 85.2 Å². The fourth-order valence-corrected chi connectivity index (χ4v) is 3.33. The zero-order chi connectivity index (χ0) is 17.8. The maximum Gasteiger partial charge on any atom is 0.171 e. The van der Waals surface area contributed by atoms with Crippen LogP contribution in [0, 0.1) is 6.92 Å². The second-order valence-corrected chi connectivity index (χ2v) is 7.27. The van der Waals surface area contributed by atoms with Crippen LogP contribution in [-0.2, 0) is 0 Å². The largest absolute Gasteiger partial charge is 0.369 e. The monoisotopic (exact) mass is 370 g/mol. The minimum Gasteiger partial charge on any atom is -0.369 e. The number of aliphatic imine (C=N–C) groups is 1. The molecule has 0 saturated carbocycles. The van der Waals surface area contributed by atoms with Crippen molar-refractivity contribution in [1.29, 1.82) is 0 Å². The van der Waals surface area contributed by atoms with Crippen LogP contribution in [0.2, 0.25) is 5.02 Å². The second kappa shape index (κ2) is 7.76. The van der Waals surface area contributed by atoms with E-state index in [4.69, 9.17) is 16.7 Å². The first-order valence-corrected chi connectivity index (χ1v) is 9.03. The first-order valence-electron chi connectivity index (χ1n) is 7.83. The van der Waals surface area contributed by atoms with E-state index in [2.05, 4.69) is 4.99 Å². The summed E-state index contributed by atoms with van der Waals surface area (Å²) in [5.41, 5.74) is 1.93. The number of benzene rings is 2. The maximum atomic E-state index is 5.99. The zero-order valence-corrected chi connectivity index (χ0v) is 15.9. The van der Waals surface area contributed by atoms with E-state index in [1.54, 1.807) is 18.1 Å². The average molecular weight is 371 g/mol. The van der Waals surface area contributed by atoms with E-state index in [9.17, 15) is 0 Å². The average Bonchev–Trinajstić information content (AvgIpc) is 2.92. The highest BCUT2D eigenvalue weighted by molar-refractivity contribution is 7.99. The lowest BCUT2D eigenvalue weighted by molar-refractivity contribution is 0.642. The summed E-state index contributed by atoms with van der Waals surface area (Å²) in [5.74, 6) is 0.817. The van der Waals surface area contributed by atoms with Crippen LogP contribution in [-0.4, -0.2) is 35.1 Å². The van der Waals surface area contributed by atoms with Crippen molar-refractivity contribution in [2.24, 2.45) is 4.99 Å². The minimum absolute atomic E-state index is 0.729. The molecule has 0 amide bonds. The van der Waals surface area contributed by atoms with E-state index in [-0.39, 0.29) is 0 Å². The molecule has 0 bridgehead atoms. The normalized spacial score (nSPS) is 11.2. The summed E-state index contributed by atoms with van der Waals surface area (Å²) >= 11 is 7.63. The Kier molecular flexibility index (Phi) is 5.46. The summed E-state index contributed by atoms with van der Waals surface area (Å²) < 4.78 is 1.88. The molecule has 0 aliphatic heterocycles. The van der Waals surface area contributed by atoms with Gasteiger partial charge in [0.2, 0.25) is 0 Å². The summed E-state index contributed by atoms with van der Waals surface area (Å²) in [7, 11) is 3.90. The van der Waals surface area contributed by atoms with E-state index >= 15 is 0 Å². The van der Waals surface area contributed by atoms with Crippen LogP contribution in [0.15, 0.2) is 69.4 Å². The fourth-order valence-electron chi connectivity index (χ4n) is 2.27. The molecule has 128 valence electrons. The van der Waals surface area contributed by atoms with Crippen LogP contribution in [0.3, 0.4) is 0 Å². The number of nitrogens with zero attached hydrogens (tertiary/aromatic N) is 4. The number of para-hydroxylation sites is 1. The van der Waals surface area contributed by atoms with Crippen molar-refractivity contribution in [3.63, 3.8) is 0 Å². The van der Waals surface area contributed by atoms with Crippen LogP contribution < -0.4 is 0 Å². The third kappa shape index (κ3) is 4.24. The molecule has 0 N–H and O–H groups in total. The summed E-state index contributed by atoms with van der Waals surface area (Å²) in [4.78, 5) is 8.71. The Morgan fingerprint density at radius 3 is 2.40 bits per heavy atom. The molecule has 0 aliphatic rings. The Morgan fingerprint density at radius 1 is 1.08 bits per heavy atom.